The molecule has 3 heteroatoms. The van der Waals surface area contributed by atoms with Gasteiger partial charge in [-0.25, -0.2) is 0 Å². The number of thiophene rings is 1. The fraction of sp³-hybridized carbons (Fsp3) is 0.357. The predicted molar refractivity (Wildman–Crippen MR) is 71.2 cm³/mol. The van der Waals surface area contributed by atoms with Crippen molar-refractivity contribution < 1.29 is 0 Å². The van der Waals surface area contributed by atoms with E-state index in [2.05, 4.69) is 11.1 Å². The van der Waals surface area contributed by atoms with E-state index in [0.717, 1.165) is 6.42 Å². The summed E-state index contributed by atoms with van der Waals surface area (Å²) in [4.78, 5) is 6.93. The number of pyridine rings is 1. The molecule has 0 aromatic carbocycles. The Labute approximate surface area is 106 Å². The van der Waals surface area contributed by atoms with Gasteiger partial charge in [-0.2, -0.15) is 0 Å². The molecule has 88 valence electrons. The van der Waals surface area contributed by atoms with Crippen molar-refractivity contribution in [2.45, 2.75) is 31.7 Å². The van der Waals surface area contributed by atoms with Gasteiger partial charge in [0.05, 0.1) is 0 Å². The third kappa shape index (κ3) is 2.26. The first kappa shape index (κ1) is 10.9. The molecule has 0 bridgehead atoms. The van der Waals surface area contributed by atoms with Crippen molar-refractivity contribution in [3.63, 3.8) is 0 Å². The second-order valence-corrected chi connectivity index (χ2v) is 5.79. The summed E-state index contributed by atoms with van der Waals surface area (Å²) < 4.78 is 0. The van der Waals surface area contributed by atoms with Gasteiger partial charge in [-0.15, -0.1) is 11.3 Å². The van der Waals surface area contributed by atoms with Crippen molar-refractivity contribution in [1.82, 2.24) is 4.98 Å². The average molecular weight is 244 g/mol. The smallest absolute Gasteiger partial charge is 0.0430 e. The van der Waals surface area contributed by atoms with Gasteiger partial charge in [0, 0.05) is 28.2 Å². The third-order valence-corrected chi connectivity index (χ3v) is 4.71. The summed E-state index contributed by atoms with van der Waals surface area (Å²) in [6.07, 6.45) is 8.38. The second-order valence-electron chi connectivity index (χ2n) is 4.62. The number of aryl methyl sites for hydroxylation is 2. The molecular formula is C14H16N2S. The first-order chi connectivity index (χ1) is 8.33. The highest BCUT2D eigenvalue weighted by atomic mass is 32.1. The maximum atomic E-state index is 6.28. The summed E-state index contributed by atoms with van der Waals surface area (Å²) in [6, 6.07) is 6.54. The zero-order valence-corrected chi connectivity index (χ0v) is 10.5. The zero-order chi connectivity index (χ0) is 11.7. The van der Waals surface area contributed by atoms with Crippen molar-refractivity contribution in [3.05, 3.63) is 51.5 Å². The molecule has 1 aliphatic carbocycles. The highest BCUT2D eigenvalue weighted by molar-refractivity contribution is 7.12. The maximum Gasteiger partial charge on any atom is 0.0430 e. The zero-order valence-electron chi connectivity index (χ0n) is 9.73. The molecule has 0 saturated carbocycles. The third-order valence-electron chi connectivity index (χ3n) is 3.34. The van der Waals surface area contributed by atoms with E-state index in [1.54, 1.807) is 4.88 Å². The molecule has 1 atom stereocenters. The standard InChI is InChI=1S/C14H16N2S/c15-12(8-10-4-6-16-7-5-10)14-9-11-2-1-3-13(11)17-14/h4-7,9,12H,1-3,8,15H2. The minimum atomic E-state index is 0.132. The van der Waals surface area contributed by atoms with Gasteiger partial charge in [0.2, 0.25) is 0 Å². The number of fused-ring (bicyclic) bond motifs is 1. The van der Waals surface area contributed by atoms with Crippen LogP contribution in [0.5, 0.6) is 0 Å². The molecule has 2 aromatic rings. The summed E-state index contributed by atoms with van der Waals surface area (Å²) in [5.41, 5.74) is 9.08. The molecule has 3 rings (SSSR count). The largest absolute Gasteiger partial charge is 0.323 e. The van der Waals surface area contributed by atoms with Crippen LogP contribution in [0.15, 0.2) is 30.6 Å². The number of aromatic nitrogens is 1. The van der Waals surface area contributed by atoms with E-state index < -0.39 is 0 Å². The average Bonchev–Trinajstić information content (AvgIpc) is 2.90. The number of nitrogens with two attached hydrogens (primary N) is 1. The van der Waals surface area contributed by atoms with Crippen LogP contribution in [0.2, 0.25) is 0 Å². The lowest BCUT2D eigenvalue weighted by atomic mass is 10.1. The van der Waals surface area contributed by atoms with Gasteiger partial charge < -0.3 is 5.73 Å². The quantitative estimate of drug-likeness (QED) is 0.901. The van der Waals surface area contributed by atoms with Crippen molar-refractivity contribution in [2.24, 2.45) is 5.73 Å². The van der Waals surface area contributed by atoms with Gasteiger partial charge >= 0.3 is 0 Å². The van der Waals surface area contributed by atoms with Crippen molar-refractivity contribution in [2.75, 3.05) is 0 Å². The van der Waals surface area contributed by atoms with E-state index in [1.165, 1.54) is 35.3 Å². The van der Waals surface area contributed by atoms with Gasteiger partial charge in [0.15, 0.2) is 0 Å². The molecular weight excluding hydrogens is 228 g/mol. The maximum absolute atomic E-state index is 6.28. The lowest BCUT2D eigenvalue weighted by molar-refractivity contribution is 0.734. The topological polar surface area (TPSA) is 38.9 Å². The Kier molecular flexibility index (Phi) is 2.95. The summed E-state index contributed by atoms with van der Waals surface area (Å²) in [7, 11) is 0. The molecule has 0 spiro atoms. The fourth-order valence-electron chi connectivity index (χ4n) is 2.41. The highest BCUT2D eigenvalue weighted by Crippen LogP contribution is 2.33. The van der Waals surface area contributed by atoms with Crippen molar-refractivity contribution in [1.29, 1.82) is 0 Å². The van der Waals surface area contributed by atoms with Gasteiger partial charge in [0.25, 0.3) is 0 Å². The lowest BCUT2D eigenvalue weighted by Crippen LogP contribution is -2.11. The molecule has 17 heavy (non-hydrogen) atoms. The van der Waals surface area contributed by atoms with Crippen LogP contribution in [0.4, 0.5) is 0 Å². The van der Waals surface area contributed by atoms with Crippen LogP contribution in [0.1, 0.15) is 33.3 Å². The first-order valence-corrected chi connectivity index (χ1v) is 6.90. The van der Waals surface area contributed by atoms with E-state index in [0.29, 0.717) is 0 Å². The summed E-state index contributed by atoms with van der Waals surface area (Å²) >= 11 is 1.91. The van der Waals surface area contributed by atoms with Crippen LogP contribution in [0.3, 0.4) is 0 Å². The Morgan fingerprint density at radius 1 is 1.29 bits per heavy atom. The minimum Gasteiger partial charge on any atom is -0.323 e. The van der Waals surface area contributed by atoms with E-state index >= 15 is 0 Å². The Balaban J connectivity index is 1.75. The Bertz CT molecular complexity index is 483. The van der Waals surface area contributed by atoms with E-state index in [-0.39, 0.29) is 6.04 Å². The van der Waals surface area contributed by atoms with Crippen LogP contribution >= 0.6 is 11.3 Å². The van der Waals surface area contributed by atoms with Crippen molar-refractivity contribution >= 4 is 11.3 Å². The Morgan fingerprint density at radius 2 is 2.12 bits per heavy atom. The summed E-state index contributed by atoms with van der Waals surface area (Å²) in [6.45, 7) is 0. The van der Waals surface area contributed by atoms with E-state index in [4.69, 9.17) is 5.73 Å². The molecule has 1 aliphatic rings. The summed E-state index contributed by atoms with van der Waals surface area (Å²) in [5.74, 6) is 0. The molecule has 2 heterocycles. The molecule has 0 amide bonds. The molecule has 2 N–H and O–H groups in total. The molecule has 0 radical (unpaired) electrons. The molecule has 0 fully saturated rings. The van der Waals surface area contributed by atoms with Gasteiger partial charge in [-0.1, -0.05) is 0 Å². The monoisotopic (exact) mass is 244 g/mol. The van der Waals surface area contributed by atoms with Crippen LogP contribution in [0, 0.1) is 0 Å². The number of hydrogen-bond donors (Lipinski definition) is 1. The van der Waals surface area contributed by atoms with E-state index in [1.807, 2.05) is 35.9 Å². The van der Waals surface area contributed by atoms with Crippen LogP contribution in [-0.4, -0.2) is 4.98 Å². The number of hydrogen-bond acceptors (Lipinski definition) is 3. The first-order valence-electron chi connectivity index (χ1n) is 6.09. The molecule has 0 aliphatic heterocycles. The van der Waals surface area contributed by atoms with Crippen LogP contribution in [0.25, 0.3) is 0 Å². The second kappa shape index (κ2) is 4.59. The summed E-state index contributed by atoms with van der Waals surface area (Å²) in [5, 5.41) is 0. The number of nitrogens with zero attached hydrogens (tertiary/aromatic N) is 1. The van der Waals surface area contributed by atoms with Crippen molar-refractivity contribution in [3.8, 4) is 0 Å². The minimum absolute atomic E-state index is 0.132. The van der Waals surface area contributed by atoms with Crippen LogP contribution < -0.4 is 5.73 Å². The molecule has 2 aromatic heterocycles. The van der Waals surface area contributed by atoms with E-state index in [9.17, 15) is 0 Å². The Morgan fingerprint density at radius 3 is 2.88 bits per heavy atom. The Hall–Kier alpha value is -1.19. The normalized spacial score (nSPS) is 15.8. The highest BCUT2D eigenvalue weighted by Gasteiger charge is 2.18. The van der Waals surface area contributed by atoms with Crippen LogP contribution in [-0.2, 0) is 19.3 Å². The lowest BCUT2D eigenvalue weighted by Gasteiger charge is -2.09. The van der Waals surface area contributed by atoms with Gasteiger partial charge in [0.1, 0.15) is 0 Å². The van der Waals surface area contributed by atoms with Gasteiger partial charge in [-0.3, -0.25) is 4.98 Å². The molecule has 2 nitrogen and oxygen atoms in total. The van der Waals surface area contributed by atoms with Gasteiger partial charge in [-0.05, 0) is 55.0 Å². The SMILES string of the molecule is NC(Cc1ccncc1)c1cc2c(s1)CCC2. The number of rotatable bonds is 3. The molecule has 0 saturated heterocycles. The predicted octanol–water partition coefficient (Wildman–Crippen LogP) is 2.87. The fourth-order valence-corrected chi connectivity index (χ4v) is 3.67. The molecule has 1 unspecified atom stereocenters.